The third-order valence-corrected chi connectivity index (χ3v) is 4.19. The largest absolute Gasteiger partial charge is 0.399 e. The van der Waals surface area contributed by atoms with Gasteiger partial charge in [0.25, 0.3) is 0 Å². The average molecular weight is 258 g/mol. The normalized spacial score (nSPS) is 19.7. The minimum absolute atomic E-state index is 0.501. The highest BCUT2D eigenvalue weighted by Gasteiger charge is 2.27. The summed E-state index contributed by atoms with van der Waals surface area (Å²) in [5.74, 6) is 0.866. The molecule has 1 saturated carbocycles. The Morgan fingerprint density at radius 2 is 2.05 bits per heavy atom. The third kappa shape index (κ3) is 2.67. The SMILES string of the molecule is CC1(C)CCC(Nc2nc3ccc(N)cc3[nH]2)CC1. The number of aromatic amines is 1. The van der Waals surface area contributed by atoms with Gasteiger partial charge in [0.2, 0.25) is 5.95 Å². The highest BCUT2D eigenvalue weighted by atomic mass is 15.1. The molecule has 0 bridgehead atoms. The molecule has 1 aromatic heterocycles. The monoisotopic (exact) mass is 258 g/mol. The van der Waals surface area contributed by atoms with E-state index < -0.39 is 0 Å². The molecule has 0 aliphatic heterocycles. The number of anilines is 2. The molecule has 1 fully saturated rings. The van der Waals surface area contributed by atoms with Crippen LogP contribution in [0.1, 0.15) is 39.5 Å². The van der Waals surface area contributed by atoms with Crippen molar-refractivity contribution in [2.75, 3.05) is 11.1 Å². The number of nitrogen functional groups attached to an aromatic ring is 1. The van der Waals surface area contributed by atoms with Crippen molar-refractivity contribution in [1.29, 1.82) is 0 Å². The van der Waals surface area contributed by atoms with Crippen LogP contribution in [0.4, 0.5) is 11.6 Å². The van der Waals surface area contributed by atoms with Crippen LogP contribution >= 0.6 is 0 Å². The number of benzene rings is 1. The zero-order chi connectivity index (χ0) is 13.5. The minimum atomic E-state index is 0.501. The summed E-state index contributed by atoms with van der Waals surface area (Å²) in [7, 11) is 0. The molecule has 1 aliphatic carbocycles. The highest BCUT2D eigenvalue weighted by molar-refractivity contribution is 5.80. The van der Waals surface area contributed by atoms with Crippen LogP contribution in [0.5, 0.6) is 0 Å². The summed E-state index contributed by atoms with van der Waals surface area (Å²) < 4.78 is 0. The molecule has 0 unspecified atom stereocenters. The van der Waals surface area contributed by atoms with Gasteiger partial charge in [0, 0.05) is 11.7 Å². The van der Waals surface area contributed by atoms with E-state index in [-0.39, 0.29) is 0 Å². The number of hydrogen-bond donors (Lipinski definition) is 3. The molecule has 0 spiro atoms. The maximum Gasteiger partial charge on any atom is 0.201 e. The van der Waals surface area contributed by atoms with E-state index in [1.807, 2.05) is 18.2 Å². The van der Waals surface area contributed by atoms with Crippen molar-refractivity contribution in [1.82, 2.24) is 9.97 Å². The van der Waals surface area contributed by atoms with Gasteiger partial charge in [-0.3, -0.25) is 0 Å². The molecule has 1 aliphatic rings. The summed E-state index contributed by atoms with van der Waals surface area (Å²) in [6, 6.07) is 6.30. The van der Waals surface area contributed by atoms with Gasteiger partial charge in [-0.1, -0.05) is 13.8 Å². The fourth-order valence-electron chi connectivity index (χ4n) is 2.83. The van der Waals surface area contributed by atoms with Crippen molar-refractivity contribution in [3.8, 4) is 0 Å². The van der Waals surface area contributed by atoms with E-state index in [0.717, 1.165) is 22.7 Å². The summed E-state index contributed by atoms with van der Waals surface area (Å²) in [6.45, 7) is 4.71. The van der Waals surface area contributed by atoms with Gasteiger partial charge in [0.15, 0.2) is 0 Å². The topological polar surface area (TPSA) is 66.7 Å². The van der Waals surface area contributed by atoms with Crippen molar-refractivity contribution in [3.05, 3.63) is 18.2 Å². The number of H-pyrrole nitrogens is 1. The number of nitrogens with two attached hydrogens (primary N) is 1. The van der Waals surface area contributed by atoms with E-state index in [4.69, 9.17) is 5.73 Å². The zero-order valence-corrected chi connectivity index (χ0v) is 11.7. The molecule has 0 amide bonds. The van der Waals surface area contributed by atoms with E-state index in [1.165, 1.54) is 25.7 Å². The molecule has 4 nitrogen and oxygen atoms in total. The Balaban J connectivity index is 1.72. The Labute approximate surface area is 113 Å². The van der Waals surface area contributed by atoms with Gasteiger partial charge >= 0.3 is 0 Å². The van der Waals surface area contributed by atoms with Gasteiger partial charge in [-0.05, 0) is 49.3 Å². The molecule has 1 aromatic carbocycles. The lowest BCUT2D eigenvalue weighted by Crippen LogP contribution is -2.30. The molecule has 1 heterocycles. The van der Waals surface area contributed by atoms with E-state index in [0.29, 0.717) is 11.5 Å². The van der Waals surface area contributed by atoms with Crippen LogP contribution < -0.4 is 11.1 Å². The van der Waals surface area contributed by atoms with Gasteiger partial charge in [0.05, 0.1) is 11.0 Å². The first-order valence-electron chi connectivity index (χ1n) is 7.04. The van der Waals surface area contributed by atoms with Crippen molar-refractivity contribution < 1.29 is 0 Å². The molecule has 0 saturated heterocycles. The van der Waals surface area contributed by atoms with Crippen molar-refractivity contribution in [3.63, 3.8) is 0 Å². The van der Waals surface area contributed by atoms with Gasteiger partial charge in [0.1, 0.15) is 0 Å². The standard InChI is InChI=1S/C15H22N4/c1-15(2)7-5-11(6-8-15)17-14-18-12-4-3-10(16)9-13(12)19-14/h3-4,9,11H,5-8,16H2,1-2H3,(H2,17,18,19). The number of fused-ring (bicyclic) bond motifs is 1. The molecule has 0 radical (unpaired) electrons. The Morgan fingerprint density at radius 1 is 1.32 bits per heavy atom. The number of nitrogens with zero attached hydrogens (tertiary/aromatic N) is 1. The van der Waals surface area contributed by atoms with Crippen LogP contribution in [0.15, 0.2) is 18.2 Å². The highest BCUT2D eigenvalue weighted by Crippen LogP contribution is 2.36. The second kappa shape index (κ2) is 4.44. The van der Waals surface area contributed by atoms with Crippen LogP contribution in [0, 0.1) is 5.41 Å². The van der Waals surface area contributed by atoms with Gasteiger partial charge in [-0.25, -0.2) is 4.98 Å². The summed E-state index contributed by atoms with van der Waals surface area (Å²) in [4.78, 5) is 7.86. The van der Waals surface area contributed by atoms with Crippen LogP contribution in [0.2, 0.25) is 0 Å². The first-order chi connectivity index (χ1) is 9.02. The van der Waals surface area contributed by atoms with Gasteiger partial charge < -0.3 is 16.0 Å². The Hall–Kier alpha value is -1.71. The summed E-state index contributed by atoms with van der Waals surface area (Å²) in [6.07, 6.45) is 4.98. The summed E-state index contributed by atoms with van der Waals surface area (Å²) in [5.41, 5.74) is 9.01. The smallest absolute Gasteiger partial charge is 0.201 e. The second-order valence-corrected chi connectivity index (χ2v) is 6.44. The van der Waals surface area contributed by atoms with Crippen LogP contribution in [0.3, 0.4) is 0 Å². The number of hydrogen-bond acceptors (Lipinski definition) is 3. The first kappa shape index (κ1) is 12.3. The van der Waals surface area contributed by atoms with E-state index in [1.54, 1.807) is 0 Å². The summed E-state index contributed by atoms with van der Waals surface area (Å²) in [5, 5.41) is 3.52. The predicted octanol–water partition coefficient (Wildman–Crippen LogP) is 3.53. The number of imidazole rings is 1. The zero-order valence-electron chi connectivity index (χ0n) is 11.7. The lowest BCUT2D eigenvalue weighted by molar-refractivity contribution is 0.232. The van der Waals surface area contributed by atoms with E-state index in [9.17, 15) is 0 Å². The Morgan fingerprint density at radius 3 is 2.79 bits per heavy atom. The van der Waals surface area contributed by atoms with Crippen molar-refractivity contribution in [2.24, 2.45) is 5.41 Å². The predicted molar refractivity (Wildman–Crippen MR) is 80.2 cm³/mol. The maximum absolute atomic E-state index is 5.78. The molecular weight excluding hydrogens is 236 g/mol. The molecule has 19 heavy (non-hydrogen) atoms. The Kier molecular flexibility index (Phi) is 2.88. The lowest BCUT2D eigenvalue weighted by atomic mass is 9.76. The third-order valence-electron chi connectivity index (χ3n) is 4.19. The van der Waals surface area contributed by atoms with Crippen LogP contribution in [-0.4, -0.2) is 16.0 Å². The minimum Gasteiger partial charge on any atom is -0.399 e. The second-order valence-electron chi connectivity index (χ2n) is 6.44. The van der Waals surface area contributed by atoms with Crippen LogP contribution in [-0.2, 0) is 0 Å². The molecule has 0 atom stereocenters. The molecule has 3 rings (SSSR count). The fourth-order valence-corrected chi connectivity index (χ4v) is 2.83. The Bertz CT molecular complexity index is 575. The van der Waals surface area contributed by atoms with Crippen molar-refractivity contribution in [2.45, 2.75) is 45.6 Å². The average Bonchev–Trinajstić information content (AvgIpc) is 2.73. The first-order valence-corrected chi connectivity index (χ1v) is 7.04. The maximum atomic E-state index is 5.78. The number of nitrogens with one attached hydrogen (secondary N) is 2. The lowest BCUT2D eigenvalue weighted by Gasteiger charge is -2.34. The molecule has 4 heteroatoms. The quantitative estimate of drug-likeness (QED) is 0.722. The number of aromatic nitrogens is 2. The molecule has 102 valence electrons. The van der Waals surface area contributed by atoms with Gasteiger partial charge in [-0.2, -0.15) is 0 Å². The van der Waals surface area contributed by atoms with E-state index >= 15 is 0 Å². The van der Waals surface area contributed by atoms with E-state index in [2.05, 4.69) is 29.1 Å². The molecule has 2 aromatic rings. The number of rotatable bonds is 2. The van der Waals surface area contributed by atoms with Crippen molar-refractivity contribution >= 4 is 22.7 Å². The summed E-state index contributed by atoms with van der Waals surface area (Å²) >= 11 is 0. The van der Waals surface area contributed by atoms with Crippen LogP contribution in [0.25, 0.3) is 11.0 Å². The molecular formula is C15H22N4. The fraction of sp³-hybridized carbons (Fsp3) is 0.533. The van der Waals surface area contributed by atoms with Gasteiger partial charge in [-0.15, -0.1) is 0 Å². The molecule has 4 N–H and O–H groups in total.